The highest BCUT2D eigenvalue weighted by Crippen LogP contribution is 2.39. The maximum Gasteiger partial charge on any atom is 0.138 e. The number of rotatable bonds is 7. The maximum atomic E-state index is 14.7. The summed E-state index contributed by atoms with van der Waals surface area (Å²) in [5, 5.41) is 26.7. The van der Waals surface area contributed by atoms with Gasteiger partial charge in [-0.25, -0.2) is 22.2 Å². The van der Waals surface area contributed by atoms with E-state index in [2.05, 4.69) is 20.6 Å². The van der Waals surface area contributed by atoms with Crippen molar-refractivity contribution in [1.29, 1.82) is 0 Å². The molecule has 0 unspecified atom stereocenters. The Morgan fingerprint density at radius 3 is 2.44 bits per heavy atom. The van der Waals surface area contributed by atoms with Gasteiger partial charge in [-0.3, -0.25) is 4.68 Å². The van der Waals surface area contributed by atoms with E-state index in [1.54, 1.807) is 13.0 Å². The van der Waals surface area contributed by atoms with Crippen molar-refractivity contribution >= 4 is 0 Å². The van der Waals surface area contributed by atoms with Crippen molar-refractivity contribution in [1.82, 2.24) is 30.0 Å². The second kappa shape index (κ2) is 8.50. The van der Waals surface area contributed by atoms with Crippen LogP contribution in [0.25, 0.3) is 0 Å². The fraction of sp³-hybridized carbons (Fsp3) is 0.238. The largest absolute Gasteiger partial charge is 0.382 e. The fourth-order valence-corrected chi connectivity index (χ4v) is 3.58. The quantitative estimate of drug-likeness (QED) is 0.441. The van der Waals surface area contributed by atoms with E-state index in [0.717, 1.165) is 30.3 Å². The van der Waals surface area contributed by atoms with Gasteiger partial charge >= 0.3 is 0 Å². The highest BCUT2D eigenvalue weighted by atomic mass is 19.1. The van der Waals surface area contributed by atoms with Gasteiger partial charge in [0.25, 0.3) is 0 Å². The summed E-state index contributed by atoms with van der Waals surface area (Å²) in [6.07, 6.45) is 2.79. The molecule has 7 nitrogen and oxygen atoms in total. The summed E-state index contributed by atoms with van der Waals surface area (Å²) in [7, 11) is 0. The van der Waals surface area contributed by atoms with E-state index < -0.39 is 34.8 Å². The van der Waals surface area contributed by atoms with Crippen LogP contribution in [0, 0.1) is 23.3 Å². The molecule has 2 aromatic heterocycles. The van der Waals surface area contributed by atoms with Crippen LogP contribution in [-0.2, 0) is 18.7 Å². The third-order valence-electron chi connectivity index (χ3n) is 5.35. The highest BCUT2D eigenvalue weighted by molar-refractivity contribution is 5.30. The zero-order chi connectivity index (χ0) is 22.9. The average Bonchev–Trinajstić information content (AvgIpc) is 3.42. The van der Waals surface area contributed by atoms with Gasteiger partial charge in [-0.2, -0.15) is 5.10 Å². The first kappa shape index (κ1) is 21.6. The molecule has 0 aliphatic heterocycles. The van der Waals surface area contributed by atoms with Gasteiger partial charge in [0.15, 0.2) is 0 Å². The number of hydrogen-bond donors (Lipinski definition) is 1. The molecular weight excluding hydrogens is 428 g/mol. The minimum Gasteiger partial charge on any atom is -0.382 e. The molecule has 1 N–H and O–H groups in total. The van der Waals surface area contributed by atoms with E-state index in [0.29, 0.717) is 11.8 Å². The topological polar surface area (TPSA) is 81.6 Å². The van der Waals surface area contributed by atoms with E-state index in [9.17, 15) is 22.7 Å². The van der Waals surface area contributed by atoms with Crippen LogP contribution in [0.2, 0.25) is 0 Å². The number of aromatic nitrogens is 6. The molecule has 0 radical (unpaired) electrons. The fourth-order valence-electron chi connectivity index (χ4n) is 3.58. The second-order valence-corrected chi connectivity index (χ2v) is 7.45. The van der Waals surface area contributed by atoms with Gasteiger partial charge in [-0.05, 0) is 40.8 Å². The molecule has 2 aromatic carbocycles. The second-order valence-electron chi connectivity index (χ2n) is 7.45. The Morgan fingerprint density at radius 1 is 0.969 bits per heavy atom. The molecule has 0 aliphatic carbocycles. The van der Waals surface area contributed by atoms with E-state index >= 15 is 0 Å². The zero-order valence-corrected chi connectivity index (χ0v) is 16.8. The maximum absolute atomic E-state index is 14.7. The third kappa shape index (κ3) is 4.24. The van der Waals surface area contributed by atoms with Crippen molar-refractivity contribution in [2.75, 3.05) is 0 Å². The van der Waals surface area contributed by atoms with E-state index in [-0.39, 0.29) is 24.2 Å². The Kier molecular flexibility index (Phi) is 5.74. The Hall–Kier alpha value is -3.60. The molecule has 166 valence electrons. The summed E-state index contributed by atoms with van der Waals surface area (Å²) >= 11 is 0. The molecule has 32 heavy (non-hydrogen) atoms. The van der Waals surface area contributed by atoms with Gasteiger partial charge in [-0.1, -0.05) is 13.0 Å². The predicted octanol–water partition coefficient (Wildman–Crippen LogP) is 3.17. The molecule has 0 spiro atoms. The zero-order valence-electron chi connectivity index (χ0n) is 16.8. The van der Waals surface area contributed by atoms with Crippen molar-refractivity contribution in [3.05, 3.63) is 95.1 Å². The molecule has 0 saturated carbocycles. The van der Waals surface area contributed by atoms with Crippen LogP contribution in [0.4, 0.5) is 17.6 Å². The normalized spacial score (nSPS) is 14.3. The smallest absolute Gasteiger partial charge is 0.138 e. The highest BCUT2D eigenvalue weighted by Gasteiger charge is 2.41. The molecule has 0 saturated heterocycles. The van der Waals surface area contributed by atoms with Gasteiger partial charge in [0, 0.05) is 29.3 Å². The summed E-state index contributed by atoms with van der Waals surface area (Å²) in [5.41, 5.74) is -1.62. The summed E-state index contributed by atoms with van der Waals surface area (Å²) in [6.45, 7) is 1.32. The van der Waals surface area contributed by atoms with E-state index in [1.807, 2.05) is 0 Å². The average molecular weight is 446 g/mol. The van der Waals surface area contributed by atoms with Crippen LogP contribution < -0.4 is 0 Å². The number of tetrazole rings is 1. The van der Waals surface area contributed by atoms with Gasteiger partial charge in [0.05, 0.1) is 18.8 Å². The first-order valence-electron chi connectivity index (χ1n) is 9.62. The van der Waals surface area contributed by atoms with Crippen LogP contribution in [0.3, 0.4) is 0 Å². The number of nitrogens with zero attached hydrogens (tertiary/aromatic N) is 6. The number of halogens is 4. The van der Waals surface area contributed by atoms with E-state index in [4.69, 9.17) is 0 Å². The Labute approximate surface area is 179 Å². The molecule has 4 rings (SSSR count). The first-order chi connectivity index (χ1) is 15.3. The SMILES string of the molecule is C[C@@H](c1ccn(Cc2cc(F)ccc2F)n1)[C@](O)(Cn1cnnn1)c1ccc(F)cc1F. The number of benzene rings is 2. The molecule has 2 heterocycles. The number of aliphatic hydroxyl groups is 1. The monoisotopic (exact) mass is 446 g/mol. The van der Waals surface area contributed by atoms with Crippen molar-refractivity contribution < 1.29 is 22.7 Å². The van der Waals surface area contributed by atoms with Crippen LogP contribution >= 0.6 is 0 Å². The Balaban J connectivity index is 1.68. The third-order valence-corrected chi connectivity index (χ3v) is 5.35. The van der Waals surface area contributed by atoms with Crippen LogP contribution in [-0.4, -0.2) is 35.1 Å². The van der Waals surface area contributed by atoms with Crippen molar-refractivity contribution in [3.8, 4) is 0 Å². The van der Waals surface area contributed by atoms with Crippen LogP contribution in [0.5, 0.6) is 0 Å². The molecule has 4 aromatic rings. The van der Waals surface area contributed by atoms with Crippen molar-refractivity contribution in [3.63, 3.8) is 0 Å². The van der Waals surface area contributed by atoms with Crippen molar-refractivity contribution in [2.45, 2.75) is 31.5 Å². The molecule has 0 aliphatic rings. The lowest BCUT2D eigenvalue weighted by atomic mass is 9.80. The summed E-state index contributed by atoms with van der Waals surface area (Å²) in [6, 6.07) is 7.57. The first-order valence-corrected chi connectivity index (χ1v) is 9.62. The lowest BCUT2D eigenvalue weighted by Gasteiger charge is -2.33. The van der Waals surface area contributed by atoms with E-state index in [1.165, 1.54) is 21.9 Å². The van der Waals surface area contributed by atoms with Crippen molar-refractivity contribution in [2.24, 2.45) is 0 Å². The summed E-state index contributed by atoms with van der Waals surface area (Å²) < 4.78 is 58.2. The van der Waals surface area contributed by atoms with Crippen LogP contribution in [0.15, 0.2) is 55.0 Å². The summed E-state index contributed by atoms with van der Waals surface area (Å²) in [5.74, 6) is -3.70. The molecule has 2 atom stereocenters. The Morgan fingerprint density at radius 2 is 1.72 bits per heavy atom. The standard InChI is InChI=1S/C21H18F4N6O/c1-13(20-6-7-30(27-20)10-14-8-15(22)3-5-18(14)24)21(32,11-31-12-26-28-29-31)17-4-2-16(23)9-19(17)25/h2-9,12-13,32H,10-11H2,1H3/t13-,21+/m0/s1. The lowest BCUT2D eigenvalue weighted by molar-refractivity contribution is -0.0128. The molecule has 0 fully saturated rings. The summed E-state index contributed by atoms with van der Waals surface area (Å²) in [4.78, 5) is 0. The van der Waals surface area contributed by atoms with Gasteiger partial charge in [0.2, 0.25) is 0 Å². The minimum absolute atomic E-state index is 0.0490. The van der Waals surface area contributed by atoms with Gasteiger partial charge in [0.1, 0.15) is 35.2 Å². The molecule has 11 heteroatoms. The lowest BCUT2D eigenvalue weighted by Crippen LogP contribution is -2.38. The minimum atomic E-state index is -1.91. The van der Waals surface area contributed by atoms with Crippen LogP contribution in [0.1, 0.15) is 29.7 Å². The molecular formula is C21H18F4N6O. The molecule has 0 amide bonds. The number of hydrogen-bond acceptors (Lipinski definition) is 5. The van der Waals surface area contributed by atoms with Gasteiger partial charge < -0.3 is 5.11 Å². The predicted molar refractivity (Wildman–Crippen MR) is 104 cm³/mol. The Bertz CT molecular complexity index is 1230. The van der Waals surface area contributed by atoms with Gasteiger partial charge in [-0.15, -0.1) is 5.10 Å². The molecule has 0 bridgehead atoms.